The fourth-order valence-corrected chi connectivity index (χ4v) is 1.93. The maximum absolute atomic E-state index is 9.70. The zero-order chi connectivity index (χ0) is 13.0. The Morgan fingerprint density at radius 1 is 1.06 bits per heavy atom. The lowest BCUT2D eigenvalue weighted by atomic mass is 10.1. The highest BCUT2D eigenvalue weighted by atomic mass is 16.3. The average Bonchev–Trinajstić information content (AvgIpc) is 2.38. The van der Waals surface area contributed by atoms with E-state index in [-0.39, 0.29) is 0 Å². The number of hydrogen-bond acceptors (Lipinski definition) is 2. The zero-order valence-electron chi connectivity index (χ0n) is 10.9. The Morgan fingerprint density at radius 2 is 1.72 bits per heavy atom. The van der Waals surface area contributed by atoms with E-state index in [1.165, 1.54) is 11.1 Å². The van der Waals surface area contributed by atoms with Crippen LogP contribution in [0.4, 0.5) is 5.69 Å². The molecule has 2 N–H and O–H groups in total. The molecule has 0 aliphatic heterocycles. The minimum atomic E-state index is -0.452. The monoisotopic (exact) mass is 241 g/mol. The first kappa shape index (κ1) is 12.7. The Labute approximate surface area is 108 Å². The molecule has 2 aromatic rings. The molecule has 0 fully saturated rings. The lowest BCUT2D eigenvalue weighted by molar-refractivity contribution is 0.200. The summed E-state index contributed by atoms with van der Waals surface area (Å²) in [5.74, 6) is 0. The summed E-state index contributed by atoms with van der Waals surface area (Å²) in [6, 6.07) is 16.3. The van der Waals surface area contributed by atoms with E-state index in [0.717, 1.165) is 17.8 Å². The Morgan fingerprint density at radius 3 is 2.39 bits per heavy atom. The molecule has 18 heavy (non-hydrogen) atoms. The van der Waals surface area contributed by atoms with Crippen molar-refractivity contribution in [2.75, 3.05) is 5.32 Å². The molecular formula is C16H19NO. The maximum atomic E-state index is 9.70. The van der Waals surface area contributed by atoms with Crippen LogP contribution >= 0.6 is 0 Å². The number of hydrogen-bond donors (Lipinski definition) is 2. The van der Waals surface area contributed by atoms with Crippen molar-refractivity contribution in [1.29, 1.82) is 0 Å². The summed E-state index contributed by atoms with van der Waals surface area (Å²) in [5, 5.41) is 13.1. The van der Waals surface area contributed by atoms with E-state index in [1.807, 2.05) is 24.3 Å². The Hall–Kier alpha value is -1.80. The van der Waals surface area contributed by atoms with Crippen molar-refractivity contribution in [3.05, 3.63) is 65.2 Å². The SMILES string of the molecule is Cc1ccc(CNc2ccccc2C(C)O)cc1. The van der Waals surface area contributed by atoms with Crippen molar-refractivity contribution in [3.63, 3.8) is 0 Å². The summed E-state index contributed by atoms with van der Waals surface area (Å²) >= 11 is 0. The van der Waals surface area contributed by atoms with Crippen LogP contribution in [-0.4, -0.2) is 5.11 Å². The van der Waals surface area contributed by atoms with Gasteiger partial charge in [-0.05, 0) is 25.5 Å². The van der Waals surface area contributed by atoms with Crippen LogP contribution in [0.1, 0.15) is 29.7 Å². The van der Waals surface area contributed by atoms with Gasteiger partial charge in [0.25, 0.3) is 0 Å². The topological polar surface area (TPSA) is 32.3 Å². The highest BCUT2D eigenvalue weighted by Crippen LogP contribution is 2.22. The first-order chi connectivity index (χ1) is 8.66. The predicted octanol–water partition coefficient (Wildman–Crippen LogP) is 3.66. The largest absolute Gasteiger partial charge is 0.389 e. The van der Waals surface area contributed by atoms with Crippen molar-refractivity contribution in [3.8, 4) is 0 Å². The number of aliphatic hydroxyl groups is 1. The van der Waals surface area contributed by atoms with Gasteiger partial charge < -0.3 is 10.4 Å². The molecule has 2 nitrogen and oxygen atoms in total. The van der Waals surface area contributed by atoms with Crippen LogP contribution < -0.4 is 5.32 Å². The van der Waals surface area contributed by atoms with Gasteiger partial charge in [-0.25, -0.2) is 0 Å². The van der Waals surface area contributed by atoms with Crippen LogP contribution in [0, 0.1) is 6.92 Å². The second-order valence-electron chi connectivity index (χ2n) is 4.60. The second-order valence-corrected chi connectivity index (χ2v) is 4.60. The molecule has 0 aliphatic rings. The molecule has 0 aliphatic carbocycles. The van der Waals surface area contributed by atoms with E-state index < -0.39 is 6.10 Å². The quantitative estimate of drug-likeness (QED) is 0.856. The summed E-state index contributed by atoms with van der Waals surface area (Å²) in [5.41, 5.74) is 4.43. The first-order valence-corrected chi connectivity index (χ1v) is 6.23. The predicted molar refractivity (Wildman–Crippen MR) is 75.6 cm³/mol. The zero-order valence-corrected chi connectivity index (χ0v) is 10.9. The number of aryl methyl sites for hydroxylation is 1. The van der Waals surface area contributed by atoms with E-state index in [0.29, 0.717) is 0 Å². The van der Waals surface area contributed by atoms with Crippen molar-refractivity contribution in [1.82, 2.24) is 0 Å². The molecule has 2 heteroatoms. The molecular weight excluding hydrogens is 222 g/mol. The van der Waals surface area contributed by atoms with E-state index in [4.69, 9.17) is 0 Å². The van der Waals surface area contributed by atoms with Crippen LogP contribution in [0.5, 0.6) is 0 Å². The smallest absolute Gasteiger partial charge is 0.0781 e. The third-order valence-electron chi connectivity index (χ3n) is 3.01. The van der Waals surface area contributed by atoms with E-state index >= 15 is 0 Å². The van der Waals surface area contributed by atoms with Crippen molar-refractivity contribution in [2.24, 2.45) is 0 Å². The summed E-state index contributed by atoms with van der Waals surface area (Å²) in [6.45, 7) is 4.64. The van der Waals surface area contributed by atoms with Gasteiger partial charge in [0.15, 0.2) is 0 Å². The third-order valence-corrected chi connectivity index (χ3v) is 3.01. The summed E-state index contributed by atoms with van der Waals surface area (Å²) in [7, 11) is 0. The van der Waals surface area contributed by atoms with Gasteiger partial charge in [-0.3, -0.25) is 0 Å². The number of benzene rings is 2. The molecule has 0 radical (unpaired) electrons. The second kappa shape index (κ2) is 5.69. The number of aliphatic hydroxyl groups excluding tert-OH is 1. The first-order valence-electron chi connectivity index (χ1n) is 6.23. The van der Waals surface area contributed by atoms with E-state index in [1.54, 1.807) is 6.92 Å². The molecule has 0 amide bonds. The maximum Gasteiger partial charge on any atom is 0.0781 e. The average molecular weight is 241 g/mol. The van der Waals surface area contributed by atoms with E-state index in [9.17, 15) is 5.11 Å². The van der Waals surface area contributed by atoms with Crippen molar-refractivity contribution < 1.29 is 5.11 Å². The fourth-order valence-electron chi connectivity index (χ4n) is 1.93. The molecule has 0 heterocycles. The minimum Gasteiger partial charge on any atom is -0.389 e. The van der Waals surface area contributed by atoms with Crippen LogP contribution in [-0.2, 0) is 6.54 Å². The van der Waals surface area contributed by atoms with Gasteiger partial charge in [-0.15, -0.1) is 0 Å². The van der Waals surface area contributed by atoms with Crippen LogP contribution in [0.25, 0.3) is 0 Å². The van der Waals surface area contributed by atoms with Gasteiger partial charge in [0.1, 0.15) is 0 Å². The van der Waals surface area contributed by atoms with Crippen molar-refractivity contribution in [2.45, 2.75) is 26.5 Å². The number of nitrogens with one attached hydrogen (secondary N) is 1. The third kappa shape index (κ3) is 3.11. The Kier molecular flexibility index (Phi) is 4.00. The Bertz CT molecular complexity index is 503. The number of para-hydroxylation sites is 1. The van der Waals surface area contributed by atoms with Gasteiger partial charge in [0.2, 0.25) is 0 Å². The molecule has 0 aromatic heterocycles. The highest BCUT2D eigenvalue weighted by molar-refractivity contribution is 5.52. The Balaban J connectivity index is 2.08. The molecule has 2 aromatic carbocycles. The van der Waals surface area contributed by atoms with Gasteiger partial charge >= 0.3 is 0 Å². The normalized spacial score (nSPS) is 12.2. The van der Waals surface area contributed by atoms with Gasteiger partial charge in [0.05, 0.1) is 6.10 Å². The van der Waals surface area contributed by atoms with Crippen molar-refractivity contribution >= 4 is 5.69 Å². The molecule has 1 unspecified atom stereocenters. The molecule has 0 saturated heterocycles. The number of rotatable bonds is 4. The van der Waals surface area contributed by atoms with Crippen LogP contribution in [0.2, 0.25) is 0 Å². The van der Waals surface area contributed by atoms with Crippen LogP contribution in [0.15, 0.2) is 48.5 Å². The summed E-state index contributed by atoms with van der Waals surface area (Å²) in [6.07, 6.45) is -0.452. The lowest BCUT2D eigenvalue weighted by Gasteiger charge is -2.14. The van der Waals surface area contributed by atoms with Gasteiger partial charge in [0, 0.05) is 17.8 Å². The lowest BCUT2D eigenvalue weighted by Crippen LogP contribution is -2.04. The molecule has 0 bridgehead atoms. The standard InChI is InChI=1S/C16H19NO/c1-12-7-9-14(10-8-12)11-17-16-6-4-3-5-15(16)13(2)18/h3-10,13,17-18H,11H2,1-2H3. The fraction of sp³-hybridized carbons (Fsp3) is 0.250. The summed E-state index contributed by atoms with van der Waals surface area (Å²) < 4.78 is 0. The van der Waals surface area contributed by atoms with E-state index in [2.05, 4.69) is 36.5 Å². The number of anilines is 1. The molecule has 1 atom stereocenters. The molecule has 0 saturated carbocycles. The molecule has 2 rings (SSSR count). The van der Waals surface area contributed by atoms with Gasteiger partial charge in [-0.1, -0.05) is 48.0 Å². The highest BCUT2D eigenvalue weighted by Gasteiger charge is 2.06. The minimum absolute atomic E-state index is 0.452. The van der Waals surface area contributed by atoms with Crippen LogP contribution in [0.3, 0.4) is 0 Å². The summed E-state index contributed by atoms with van der Waals surface area (Å²) in [4.78, 5) is 0. The molecule has 0 spiro atoms. The van der Waals surface area contributed by atoms with Gasteiger partial charge in [-0.2, -0.15) is 0 Å². The molecule has 94 valence electrons.